The largest absolute Gasteiger partial charge is 0.483 e. The molecule has 2 N–H and O–H groups in total. The van der Waals surface area contributed by atoms with Crippen molar-refractivity contribution in [2.45, 2.75) is 6.92 Å². The van der Waals surface area contributed by atoms with E-state index in [1.54, 1.807) is 19.1 Å². The summed E-state index contributed by atoms with van der Waals surface area (Å²) in [4.78, 5) is 22.1. The quantitative estimate of drug-likeness (QED) is 0.791. The number of carbonyl (C=O) groups is 2. The van der Waals surface area contributed by atoms with Gasteiger partial charge in [0.2, 0.25) is 0 Å². The van der Waals surface area contributed by atoms with E-state index in [4.69, 9.17) is 9.84 Å². The highest BCUT2D eigenvalue weighted by Gasteiger charge is 2.12. The topological polar surface area (TPSA) is 75.6 Å². The molecular weight excluding hydrogens is 337 g/mol. The highest BCUT2D eigenvalue weighted by molar-refractivity contribution is 14.1. The van der Waals surface area contributed by atoms with Gasteiger partial charge in [0.05, 0.1) is 0 Å². The van der Waals surface area contributed by atoms with E-state index < -0.39 is 5.97 Å². The molecule has 1 amide bonds. The average Bonchev–Trinajstić information content (AvgIpc) is 2.27. The Kier molecular flexibility index (Phi) is 5.20. The van der Waals surface area contributed by atoms with Gasteiger partial charge in [-0.1, -0.05) is 0 Å². The van der Waals surface area contributed by atoms with E-state index in [1.165, 1.54) is 6.07 Å². The van der Waals surface area contributed by atoms with Gasteiger partial charge in [-0.3, -0.25) is 4.79 Å². The lowest BCUT2D eigenvalue weighted by Crippen LogP contribution is -2.28. The normalized spacial score (nSPS) is 9.76. The Morgan fingerprint density at radius 3 is 2.76 bits per heavy atom. The number of hydrogen-bond acceptors (Lipinski definition) is 3. The van der Waals surface area contributed by atoms with Crippen LogP contribution >= 0.6 is 22.6 Å². The Morgan fingerprint density at radius 1 is 1.47 bits per heavy atom. The number of carbonyl (C=O) groups excluding carboxylic acids is 1. The van der Waals surface area contributed by atoms with E-state index in [2.05, 4.69) is 5.32 Å². The third-order valence-electron chi connectivity index (χ3n) is 1.90. The van der Waals surface area contributed by atoms with Crippen LogP contribution in [0.2, 0.25) is 0 Å². The summed E-state index contributed by atoms with van der Waals surface area (Å²) in [5, 5.41) is 11.5. The van der Waals surface area contributed by atoms with Crippen molar-refractivity contribution < 1.29 is 19.4 Å². The summed E-state index contributed by atoms with van der Waals surface area (Å²) in [6.07, 6.45) is 0. The summed E-state index contributed by atoms with van der Waals surface area (Å²) in [6, 6.07) is 4.76. The summed E-state index contributed by atoms with van der Waals surface area (Å²) in [5.41, 5.74) is 0.0567. The minimum absolute atomic E-state index is 0.0567. The van der Waals surface area contributed by atoms with Crippen LogP contribution in [0.5, 0.6) is 5.75 Å². The fourth-order valence-corrected chi connectivity index (χ4v) is 1.68. The van der Waals surface area contributed by atoms with Crippen molar-refractivity contribution >= 4 is 34.5 Å². The van der Waals surface area contributed by atoms with E-state index in [1.807, 2.05) is 22.6 Å². The van der Waals surface area contributed by atoms with Crippen LogP contribution < -0.4 is 10.1 Å². The van der Waals surface area contributed by atoms with Crippen molar-refractivity contribution in [1.82, 2.24) is 5.32 Å². The van der Waals surface area contributed by atoms with E-state index >= 15 is 0 Å². The maximum atomic E-state index is 11.2. The van der Waals surface area contributed by atoms with Gasteiger partial charge in [-0.2, -0.15) is 0 Å². The van der Waals surface area contributed by atoms with Gasteiger partial charge in [-0.05, 0) is 47.7 Å². The predicted molar refractivity (Wildman–Crippen MR) is 70.3 cm³/mol. The second kappa shape index (κ2) is 6.43. The maximum absolute atomic E-state index is 11.2. The molecule has 0 bridgehead atoms. The lowest BCUT2D eigenvalue weighted by molar-refractivity contribution is -0.123. The fraction of sp³-hybridized carbons (Fsp3) is 0.273. The molecule has 0 spiro atoms. The van der Waals surface area contributed by atoms with Crippen LogP contribution in [-0.2, 0) is 4.79 Å². The van der Waals surface area contributed by atoms with Crippen molar-refractivity contribution in [3.8, 4) is 5.75 Å². The fourth-order valence-electron chi connectivity index (χ4n) is 1.19. The van der Waals surface area contributed by atoms with Crippen LogP contribution in [0.3, 0.4) is 0 Å². The first-order valence-electron chi connectivity index (χ1n) is 4.97. The zero-order valence-corrected chi connectivity index (χ0v) is 11.4. The lowest BCUT2D eigenvalue weighted by Gasteiger charge is -2.09. The Morgan fingerprint density at radius 2 is 2.18 bits per heavy atom. The minimum atomic E-state index is -1.07. The number of aromatic carboxylic acids is 1. The molecule has 0 aliphatic carbocycles. The van der Waals surface area contributed by atoms with Gasteiger partial charge >= 0.3 is 5.97 Å². The van der Waals surface area contributed by atoms with Crippen molar-refractivity contribution in [1.29, 1.82) is 0 Å². The number of carboxylic acid groups (broad SMARTS) is 1. The van der Waals surface area contributed by atoms with Crippen LogP contribution in [0, 0.1) is 3.57 Å². The molecule has 1 aromatic carbocycles. The van der Waals surface area contributed by atoms with E-state index in [0.717, 1.165) is 3.57 Å². The summed E-state index contributed by atoms with van der Waals surface area (Å²) < 4.78 is 5.97. The van der Waals surface area contributed by atoms with Gasteiger partial charge in [0, 0.05) is 10.1 Å². The van der Waals surface area contributed by atoms with Gasteiger partial charge in [0.1, 0.15) is 11.3 Å². The Balaban J connectivity index is 2.77. The average molecular weight is 349 g/mol. The molecule has 0 unspecified atom stereocenters. The molecular formula is C11H12INO4. The van der Waals surface area contributed by atoms with Crippen LogP contribution in [0.1, 0.15) is 17.3 Å². The molecule has 0 saturated carbocycles. The van der Waals surface area contributed by atoms with Crippen LogP contribution in [-0.4, -0.2) is 30.1 Å². The number of benzene rings is 1. The zero-order valence-electron chi connectivity index (χ0n) is 9.20. The number of carboxylic acids is 1. The Bertz CT molecular complexity index is 433. The lowest BCUT2D eigenvalue weighted by atomic mass is 10.2. The van der Waals surface area contributed by atoms with Crippen LogP contribution in [0.15, 0.2) is 18.2 Å². The summed E-state index contributed by atoms with van der Waals surface area (Å²) in [6.45, 7) is 2.13. The first-order valence-corrected chi connectivity index (χ1v) is 6.04. The molecule has 0 fully saturated rings. The smallest absolute Gasteiger partial charge is 0.339 e. The van der Waals surface area contributed by atoms with Gasteiger partial charge in [-0.15, -0.1) is 0 Å². The number of amides is 1. The van der Waals surface area contributed by atoms with Gasteiger partial charge in [-0.25, -0.2) is 4.79 Å². The van der Waals surface area contributed by atoms with Crippen molar-refractivity contribution in [2.24, 2.45) is 0 Å². The molecule has 0 heterocycles. The molecule has 0 aliphatic heterocycles. The molecule has 17 heavy (non-hydrogen) atoms. The highest BCUT2D eigenvalue weighted by atomic mass is 127. The molecule has 0 saturated heterocycles. The maximum Gasteiger partial charge on any atom is 0.339 e. The van der Waals surface area contributed by atoms with Gasteiger partial charge < -0.3 is 15.2 Å². The first kappa shape index (κ1) is 13.8. The van der Waals surface area contributed by atoms with E-state index in [-0.39, 0.29) is 23.8 Å². The van der Waals surface area contributed by atoms with Crippen LogP contribution in [0.4, 0.5) is 0 Å². The summed E-state index contributed by atoms with van der Waals surface area (Å²) >= 11 is 2.01. The minimum Gasteiger partial charge on any atom is -0.483 e. The van der Waals surface area contributed by atoms with Crippen LogP contribution in [0.25, 0.3) is 0 Å². The molecule has 5 nitrogen and oxygen atoms in total. The van der Waals surface area contributed by atoms with Gasteiger partial charge in [0.15, 0.2) is 6.61 Å². The molecule has 1 aromatic rings. The number of rotatable bonds is 5. The van der Waals surface area contributed by atoms with E-state index in [9.17, 15) is 9.59 Å². The van der Waals surface area contributed by atoms with Gasteiger partial charge in [0.25, 0.3) is 5.91 Å². The number of likely N-dealkylation sites (N-methyl/N-ethyl adjacent to an activating group) is 1. The number of nitrogens with one attached hydrogen (secondary N) is 1. The van der Waals surface area contributed by atoms with Crippen molar-refractivity contribution in [2.75, 3.05) is 13.2 Å². The second-order valence-corrected chi connectivity index (χ2v) is 4.43. The molecule has 92 valence electrons. The third-order valence-corrected chi connectivity index (χ3v) is 2.58. The molecule has 6 heteroatoms. The number of hydrogen-bond donors (Lipinski definition) is 2. The molecule has 0 aliphatic rings. The SMILES string of the molecule is CCNC(=O)COc1ccc(I)cc1C(=O)O. The molecule has 1 rings (SSSR count). The molecule has 0 radical (unpaired) electrons. The first-order chi connectivity index (χ1) is 8.04. The molecule has 0 aromatic heterocycles. The number of ether oxygens (including phenoxy) is 1. The second-order valence-electron chi connectivity index (χ2n) is 3.19. The summed E-state index contributed by atoms with van der Waals surface area (Å²) in [5.74, 6) is -1.15. The summed E-state index contributed by atoms with van der Waals surface area (Å²) in [7, 11) is 0. The predicted octanol–water partition coefficient (Wildman–Crippen LogP) is 1.50. The highest BCUT2D eigenvalue weighted by Crippen LogP contribution is 2.21. The van der Waals surface area contributed by atoms with Crippen molar-refractivity contribution in [3.05, 3.63) is 27.3 Å². The molecule has 0 atom stereocenters. The van der Waals surface area contributed by atoms with E-state index in [0.29, 0.717) is 6.54 Å². The zero-order chi connectivity index (χ0) is 12.8. The van der Waals surface area contributed by atoms with Crippen molar-refractivity contribution in [3.63, 3.8) is 0 Å². The third kappa shape index (κ3) is 4.22. The Hall–Kier alpha value is -1.31. The Labute approximate surface area is 112 Å². The number of halogens is 1. The monoisotopic (exact) mass is 349 g/mol. The standard InChI is InChI=1S/C11H12INO4/c1-2-13-10(14)6-17-9-4-3-7(12)5-8(9)11(15)16/h3-5H,2,6H2,1H3,(H,13,14)(H,15,16).